The number of esters is 1. The summed E-state index contributed by atoms with van der Waals surface area (Å²) in [6.07, 6.45) is 1.78. The van der Waals surface area contributed by atoms with Crippen molar-refractivity contribution in [3.8, 4) is 11.5 Å². The average Bonchev–Trinajstić information content (AvgIpc) is 3.29. The number of piperidine rings is 1. The van der Waals surface area contributed by atoms with Crippen LogP contribution in [0.2, 0.25) is 0 Å². The van der Waals surface area contributed by atoms with Gasteiger partial charge in [-0.2, -0.15) is 9.37 Å². The molecule has 0 radical (unpaired) electrons. The van der Waals surface area contributed by atoms with Gasteiger partial charge in [0.1, 0.15) is 5.52 Å². The van der Waals surface area contributed by atoms with Crippen LogP contribution in [0.4, 0.5) is 10.4 Å². The Bertz CT molecular complexity index is 1120. The fraction of sp³-hybridized carbons (Fsp3) is 0.440. The zero-order valence-corrected chi connectivity index (χ0v) is 19.7. The highest BCUT2D eigenvalue weighted by atomic mass is 19.1. The summed E-state index contributed by atoms with van der Waals surface area (Å²) in [5.74, 6) is -0.677. The number of hydrogen-bond acceptors (Lipinski definition) is 8. The summed E-state index contributed by atoms with van der Waals surface area (Å²) in [6.45, 7) is 6.44. The molecule has 3 aromatic rings. The molecule has 0 spiro atoms. The smallest absolute Gasteiger partial charge is 0.340 e. The normalized spacial score (nSPS) is 14.2. The van der Waals surface area contributed by atoms with Gasteiger partial charge < -0.3 is 28.8 Å². The highest BCUT2D eigenvalue weighted by Gasteiger charge is 2.27. The van der Waals surface area contributed by atoms with Crippen molar-refractivity contribution in [3.05, 3.63) is 47.3 Å². The minimum absolute atomic E-state index is 0.145. The number of anilines is 1. The standard InChI is InChI=1S/C25H30FN3O5/c1-4-32-20-13-16(14-21(22(20)26)33-5-2)15-29(17-9-11-27-12-10-17)25-28-23-18(24(30)31-3)7-6-8-19(23)34-25/h6-8,13-14,17,27H,4-5,9-12,15H2,1-3H3. The van der Waals surface area contributed by atoms with Crippen LogP contribution < -0.4 is 19.7 Å². The van der Waals surface area contributed by atoms with Crippen molar-refractivity contribution in [3.63, 3.8) is 0 Å². The molecule has 34 heavy (non-hydrogen) atoms. The quantitative estimate of drug-likeness (QED) is 0.462. The van der Waals surface area contributed by atoms with Crippen LogP contribution in [0.1, 0.15) is 42.6 Å². The maximum Gasteiger partial charge on any atom is 0.340 e. The molecule has 1 saturated heterocycles. The van der Waals surface area contributed by atoms with Gasteiger partial charge in [0, 0.05) is 12.6 Å². The Morgan fingerprint density at radius 3 is 2.47 bits per heavy atom. The van der Waals surface area contributed by atoms with Gasteiger partial charge in [-0.15, -0.1) is 0 Å². The van der Waals surface area contributed by atoms with Crippen LogP contribution in [-0.4, -0.2) is 50.4 Å². The maximum absolute atomic E-state index is 14.8. The molecular weight excluding hydrogens is 441 g/mol. The lowest BCUT2D eigenvalue weighted by Crippen LogP contribution is -2.43. The second-order valence-electron chi connectivity index (χ2n) is 8.02. The van der Waals surface area contributed by atoms with Crippen molar-refractivity contribution in [1.29, 1.82) is 0 Å². The van der Waals surface area contributed by atoms with Crippen LogP contribution in [-0.2, 0) is 11.3 Å². The van der Waals surface area contributed by atoms with E-state index in [0.29, 0.717) is 42.4 Å². The fourth-order valence-electron chi connectivity index (χ4n) is 4.24. The van der Waals surface area contributed by atoms with Crippen molar-refractivity contribution in [2.75, 3.05) is 38.3 Å². The molecule has 1 aromatic heterocycles. The van der Waals surface area contributed by atoms with Gasteiger partial charge in [-0.3, -0.25) is 0 Å². The third-order valence-electron chi connectivity index (χ3n) is 5.83. The van der Waals surface area contributed by atoms with E-state index in [9.17, 15) is 9.18 Å². The molecule has 182 valence electrons. The van der Waals surface area contributed by atoms with Gasteiger partial charge in [0.05, 0.1) is 25.9 Å². The number of ether oxygens (including phenoxy) is 3. The first-order valence-electron chi connectivity index (χ1n) is 11.6. The minimum Gasteiger partial charge on any atom is -0.491 e. The first-order chi connectivity index (χ1) is 16.5. The Morgan fingerprint density at radius 1 is 1.18 bits per heavy atom. The molecule has 8 nitrogen and oxygen atoms in total. The maximum atomic E-state index is 14.8. The third kappa shape index (κ3) is 4.94. The fourth-order valence-corrected chi connectivity index (χ4v) is 4.24. The topological polar surface area (TPSA) is 86.1 Å². The van der Waals surface area contributed by atoms with Gasteiger partial charge in [0.2, 0.25) is 5.82 Å². The number of aromatic nitrogens is 1. The summed E-state index contributed by atoms with van der Waals surface area (Å²) in [4.78, 5) is 19.0. The van der Waals surface area contributed by atoms with Crippen LogP contribution in [0.5, 0.6) is 11.5 Å². The number of halogens is 1. The van der Waals surface area contributed by atoms with E-state index >= 15 is 0 Å². The van der Waals surface area contributed by atoms with E-state index in [-0.39, 0.29) is 17.5 Å². The highest BCUT2D eigenvalue weighted by molar-refractivity contribution is 6.01. The zero-order valence-electron chi connectivity index (χ0n) is 19.7. The predicted octanol–water partition coefficient (Wildman–Crippen LogP) is 4.31. The summed E-state index contributed by atoms with van der Waals surface area (Å²) >= 11 is 0. The Morgan fingerprint density at radius 2 is 1.85 bits per heavy atom. The first kappa shape index (κ1) is 23.8. The number of hydrogen-bond donors (Lipinski definition) is 1. The molecule has 4 rings (SSSR count). The number of nitrogens with one attached hydrogen (secondary N) is 1. The van der Waals surface area contributed by atoms with E-state index in [1.807, 2.05) is 13.8 Å². The molecule has 0 bridgehead atoms. The summed E-state index contributed by atoms with van der Waals surface area (Å²) in [7, 11) is 1.34. The van der Waals surface area contributed by atoms with Crippen molar-refractivity contribution in [2.24, 2.45) is 0 Å². The third-order valence-corrected chi connectivity index (χ3v) is 5.83. The Labute approximate surface area is 198 Å². The molecule has 1 aliphatic heterocycles. The lowest BCUT2D eigenvalue weighted by atomic mass is 10.0. The van der Waals surface area contributed by atoms with E-state index in [0.717, 1.165) is 31.5 Å². The molecule has 2 aromatic carbocycles. The molecule has 0 saturated carbocycles. The molecule has 0 aliphatic carbocycles. The van der Waals surface area contributed by atoms with E-state index in [1.165, 1.54) is 7.11 Å². The van der Waals surface area contributed by atoms with Crippen molar-refractivity contribution >= 4 is 23.1 Å². The van der Waals surface area contributed by atoms with Gasteiger partial charge in [0.15, 0.2) is 17.1 Å². The molecule has 1 N–H and O–H groups in total. The van der Waals surface area contributed by atoms with Gasteiger partial charge in [0.25, 0.3) is 6.01 Å². The number of nitrogens with zero attached hydrogens (tertiary/aromatic N) is 2. The van der Waals surface area contributed by atoms with Gasteiger partial charge in [-0.05, 0) is 69.6 Å². The van der Waals surface area contributed by atoms with Gasteiger partial charge in [-0.25, -0.2) is 4.79 Å². The monoisotopic (exact) mass is 471 g/mol. The summed E-state index contributed by atoms with van der Waals surface area (Å²) in [5, 5.41) is 3.37. The Kier molecular flexibility index (Phi) is 7.52. The van der Waals surface area contributed by atoms with E-state index in [2.05, 4.69) is 15.2 Å². The molecule has 0 atom stereocenters. The van der Waals surface area contributed by atoms with Crippen LogP contribution in [0.25, 0.3) is 11.1 Å². The summed E-state index contributed by atoms with van der Waals surface area (Å²) in [5.41, 5.74) is 2.11. The lowest BCUT2D eigenvalue weighted by Gasteiger charge is -2.33. The molecule has 2 heterocycles. The molecule has 1 fully saturated rings. The molecule has 0 amide bonds. The molecule has 9 heteroatoms. The Balaban J connectivity index is 1.75. The first-order valence-corrected chi connectivity index (χ1v) is 11.6. The lowest BCUT2D eigenvalue weighted by molar-refractivity contribution is 0.0602. The van der Waals surface area contributed by atoms with Crippen molar-refractivity contribution < 1.29 is 27.8 Å². The molecule has 1 aliphatic rings. The second kappa shape index (κ2) is 10.7. The molecule has 0 unspecified atom stereocenters. The van der Waals surface area contributed by atoms with E-state index < -0.39 is 11.8 Å². The Hall–Kier alpha value is -3.33. The van der Waals surface area contributed by atoms with Crippen molar-refractivity contribution in [1.82, 2.24) is 10.3 Å². The number of benzene rings is 2. The van der Waals surface area contributed by atoms with E-state index in [4.69, 9.17) is 18.6 Å². The number of carbonyl (C=O) groups is 1. The summed E-state index contributed by atoms with van der Waals surface area (Å²) in [6, 6.07) is 9.11. The van der Waals surface area contributed by atoms with Crippen LogP contribution in [0.15, 0.2) is 34.7 Å². The van der Waals surface area contributed by atoms with E-state index in [1.54, 1.807) is 30.3 Å². The number of methoxy groups -OCH3 is 1. The van der Waals surface area contributed by atoms with Crippen LogP contribution in [0.3, 0.4) is 0 Å². The number of fused-ring (bicyclic) bond motifs is 1. The summed E-state index contributed by atoms with van der Waals surface area (Å²) < 4.78 is 36.9. The van der Waals surface area contributed by atoms with Crippen molar-refractivity contribution in [2.45, 2.75) is 39.3 Å². The number of carbonyl (C=O) groups excluding carboxylic acids is 1. The van der Waals surface area contributed by atoms with Gasteiger partial charge in [-0.1, -0.05) is 6.07 Å². The predicted molar refractivity (Wildman–Crippen MR) is 126 cm³/mol. The zero-order chi connectivity index (χ0) is 24.1. The second-order valence-corrected chi connectivity index (χ2v) is 8.02. The number of oxazole rings is 1. The van der Waals surface area contributed by atoms with Gasteiger partial charge >= 0.3 is 5.97 Å². The molecular formula is C25H30FN3O5. The van der Waals surface area contributed by atoms with Crippen LogP contribution >= 0.6 is 0 Å². The SMILES string of the molecule is CCOc1cc(CN(c2nc3c(C(=O)OC)cccc3o2)C2CCNCC2)cc(OCC)c1F. The average molecular weight is 472 g/mol. The minimum atomic E-state index is -0.509. The largest absolute Gasteiger partial charge is 0.491 e. The highest BCUT2D eigenvalue weighted by Crippen LogP contribution is 2.33. The number of rotatable bonds is 9. The number of para-hydroxylation sites is 1. The van der Waals surface area contributed by atoms with Crippen LogP contribution in [0, 0.1) is 5.82 Å².